The monoisotopic (exact) mass is 275 g/mol. The molecule has 0 aromatic carbocycles. The third-order valence-electron chi connectivity index (χ3n) is 3.05. The highest BCUT2D eigenvalue weighted by molar-refractivity contribution is 5.11. The zero-order chi connectivity index (χ0) is 14.5. The standard InChI is InChI=1S/C13H20F3N3/c1-3-10(17)12(11-7-5-6-8-18-11)19(4-2)9-13(14,15)16/h5-8,10,12H,3-4,9,17H2,1-2H3. The van der Waals surface area contributed by atoms with Crippen LogP contribution in [0, 0.1) is 0 Å². The Kier molecular flexibility index (Phi) is 5.75. The fourth-order valence-corrected chi connectivity index (χ4v) is 2.09. The van der Waals surface area contributed by atoms with Crippen molar-refractivity contribution >= 4 is 0 Å². The first-order valence-electron chi connectivity index (χ1n) is 6.36. The van der Waals surface area contributed by atoms with Crippen molar-refractivity contribution < 1.29 is 13.2 Å². The molecule has 19 heavy (non-hydrogen) atoms. The summed E-state index contributed by atoms with van der Waals surface area (Å²) >= 11 is 0. The number of pyridine rings is 1. The zero-order valence-corrected chi connectivity index (χ0v) is 11.2. The van der Waals surface area contributed by atoms with Gasteiger partial charge in [-0.25, -0.2) is 0 Å². The Morgan fingerprint density at radius 3 is 2.42 bits per heavy atom. The van der Waals surface area contributed by atoms with Crippen LogP contribution in [0.5, 0.6) is 0 Å². The van der Waals surface area contributed by atoms with Gasteiger partial charge in [0.05, 0.1) is 18.3 Å². The topological polar surface area (TPSA) is 42.1 Å². The number of nitrogens with zero attached hydrogens (tertiary/aromatic N) is 2. The number of likely N-dealkylation sites (N-methyl/N-ethyl adjacent to an activating group) is 1. The molecule has 6 heteroatoms. The van der Waals surface area contributed by atoms with E-state index in [0.29, 0.717) is 12.1 Å². The van der Waals surface area contributed by atoms with E-state index in [4.69, 9.17) is 5.73 Å². The first kappa shape index (κ1) is 15.9. The quantitative estimate of drug-likeness (QED) is 0.868. The predicted octanol–water partition coefficient (Wildman–Crippen LogP) is 2.74. The summed E-state index contributed by atoms with van der Waals surface area (Å²) in [6.45, 7) is 2.86. The lowest BCUT2D eigenvalue weighted by Crippen LogP contribution is -2.45. The molecular formula is C13H20F3N3. The van der Waals surface area contributed by atoms with Crippen molar-refractivity contribution in [3.05, 3.63) is 30.1 Å². The van der Waals surface area contributed by atoms with Gasteiger partial charge in [-0.15, -0.1) is 0 Å². The molecule has 3 nitrogen and oxygen atoms in total. The minimum atomic E-state index is -4.24. The van der Waals surface area contributed by atoms with Gasteiger partial charge in [-0.05, 0) is 25.1 Å². The fourth-order valence-electron chi connectivity index (χ4n) is 2.09. The van der Waals surface area contributed by atoms with E-state index in [0.717, 1.165) is 0 Å². The van der Waals surface area contributed by atoms with Gasteiger partial charge in [0.25, 0.3) is 0 Å². The van der Waals surface area contributed by atoms with Gasteiger partial charge in [0.15, 0.2) is 0 Å². The van der Waals surface area contributed by atoms with Crippen LogP contribution in [0.1, 0.15) is 32.0 Å². The van der Waals surface area contributed by atoms with Crippen molar-refractivity contribution in [3.63, 3.8) is 0 Å². The number of nitrogens with two attached hydrogens (primary N) is 1. The Morgan fingerprint density at radius 2 is 2.00 bits per heavy atom. The van der Waals surface area contributed by atoms with E-state index < -0.39 is 18.8 Å². The maximum Gasteiger partial charge on any atom is 0.401 e. The van der Waals surface area contributed by atoms with Crippen molar-refractivity contribution in [2.45, 2.75) is 38.5 Å². The third kappa shape index (κ3) is 4.80. The number of alkyl halides is 3. The van der Waals surface area contributed by atoms with E-state index >= 15 is 0 Å². The summed E-state index contributed by atoms with van der Waals surface area (Å²) in [4.78, 5) is 5.49. The fraction of sp³-hybridized carbons (Fsp3) is 0.615. The largest absolute Gasteiger partial charge is 0.401 e. The Morgan fingerprint density at radius 1 is 1.32 bits per heavy atom. The minimum Gasteiger partial charge on any atom is -0.326 e. The number of rotatable bonds is 6. The zero-order valence-electron chi connectivity index (χ0n) is 11.2. The summed E-state index contributed by atoms with van der Waals surface area (Å²) in [7, 11) is 0. The second kappa shape index (κ2) is 6.86. The molecule has 108 valence electrons. The van der Waals surface area contributed by atoms with Crippen LogP contribution in [-0.4, -0.2) is 35.2 Å². The van der Waals surface area contributed by atoms with Crippen molar-refractivity contribution in [1.82, 2.24) is 9.88 Å². The Hall–Kier alpha value is -1.14. The molecule has 0 saturated heterocycles. The van der Waals surface area contributed by atoms with Gasteiger partial charge in [0.1, 0.15) is 0 Å². The van der Waals surface area contributed by atoms with Crippen LogP contribution >= 0.6 is 0 Å². The number of aromatic nitrogens is 1. The van der Waals surface area contributed by atoms with E-state index in [1.807, 2.05) is 6.92 Å². The SMILES string of the molecule is CCC(N)C(c1ccccn1)N(CC)CC(F)(F)F. The molecule has 0 aliphatic carbocycles. The lowest BCUT2D eigenvalue weighted by atomic mass is 10.0. The van der Waals surface area contributed by atoms with Crippen LogP contribution in [0.2, 0.25) is 0 Å². The summed E-state index contributed by atoms with van der Waals surface area (Å²) in [6.07, 6.45) is -2.07. The van der Waals surface area contributed by atoms with Crippen LogP contribution in [0.25, 0.3) is 0 Å². The maximum atomic E-state index is 12.6. The lowest BCUT2D eigenvalue weighted by molar-refractivity contribution is -0.151. The normalized spacial score (nSPS) is 15.5. The van der Waals surface area contributed by atoms with Crippen molar-refractivity contribution in [3.8, 4) is 0 Å². The van der Waals surface area contributed by atoms with Gasteiger partial charge in [-0.3, -0.25) is 9.88 Å². The highest BCUT2D eigenvalue weighted by atomic mass is 19.4. The van der Waals surface area contributed by atoms with E-state index in [9.17, 15) is 13.2 Å². The van der Waals surface area contributed by atoms with E-state index in [1.54, 1.807) is 31.3 Å². The molecule has 0 aliphatic rings. The summed E-state index contributed by atoms with van der Waals surface area (Å²) in [5.41, 5.74) is 6.58. The number of hydrogen-bond donors (Lipinski definition) is 1. The van der Waals surface area contributed by atoms with Crippen LogP contribution in [-0.2, 0) is 0 Å². The molecule has 0 amide bonds. The third-order valence-corrected chi connectivity index (χ3v) is 3.05. The van der Waals surface area contributed by atoms with Gasteiger partial charge in [-0.2, -0.15) is 13.2 Å². The van der Waals surface area contributed by atoms with E-state index in [-0.39, 0.29) is 12.6 Å². The van der Waals surface area contributed by atoms with Gasteiger partial charge in [-0.1, -0.05) is 19.9 Å². The first-order chi connectivity index (χ1) is 8.89. The van der Waals surface area contributed by atoms with Gasteiger partial charge in [0, 0.05) is 12.2 Å². The highest BCUT2D eigenvalue weighted by Gasteiger charge is 2.35. The Bertz CT molecular complexity index is 367. The molecule has 0 spiro atoms. The van der Waals surface area contributed by atoms with Crippen molar-refractivity contribution in [2.75, 3.05) is 13.1 Å². The van der Waals surface area contributed by atoms with Gasteiger partial charge in [0.2, 0.25) is 0 Å². The molecule has 0 fully saturated rings. The van der Waals surface area contributed by atoms with Crippen LogP contribution in [0.3, 0.4) is 0 Å². The summed E-state index contributed by atoms with van der Waals surface area (Å²) in [5, 5.41) is 0. The smallest absolute Gasteiger partial charge is 0.326 e. The van der Waals surface area contributed by atoms with Gasteiger partial charge >= 0.3 is 6.18 Å². The molecule has 2 atom stereocenters. The average molecular weight is 275 g/mol. The van der Waals surface area contributed by atoms with Crippen LogP contribution < -0.4 is 5.73 Å². The Balaban J connectivity index is 3.02. The molecular weight excluding hydrogens is 255 g/mol. The Labute approximate surface area is 111 Å². The van der Waals surface area contributed by atoms with Crippen LogP contribution in [0.4, 0.5) is 13.2 Å². The predicted molar refractivity (Wildman–Crippen MR) is 68.5 cm³/mol. The molecule has 2 N–H and O–H groups in total. The molecule has 1 aromatic rings. The van der Waals surface area contributed by atoms with Crippen LogP contribution in [0.15, 0.2) is 24.4 Å². The molecule has 2 unspecified atom stereocenters. The maximum absolute atomic E-state index is 12.6. The minimum absolute atomic E-state index is 0.272. The molecule has 0 bridgehead atoms. The molecule has 0 saturated carbocycles. The highest BCUT2D eigenvalue weighted by Crippen LogP contribution is 2.27. The van der Waals surface area contributed by atoms with Crippen molar-refractivity contribution in [2.24, 2.45) is 5.73 Å². The number of hydrogen-bond acceptors (Lipinski definition) is 3. The second-order valence-corrected chi connectivity index (χ2v) is 4.45. The summed E-state index contributed by atoms with van der Waals surface area (Å²) in [5.74, 6) is 0. The van der Waals surface area contributed by atoms with E-state index in [2.05, 4.69) is 4.98 Å². The van der Waals surface area contributed by atoms with E-state index in [1.165, 1.54) is 4.90 Å². The number of halogens is 3. The molecule has 1 aromatic heterocycles. The summed E-state index contributed by atoms with van der Waals surface area (Å²) < 4.78 is 37.9. The summed E-state index contributed by atoms with van der Waals surface area (Å²) in [6, 6.07) is 4.33. The molecule has 0 aliphatic heterocycles. The first-order valence-corrected chi connectivity index (χ1v) is 6.36. The lowest BCUT2D eigenvalue weighted by Gasteiger charge is -2.34. The van der Waals surface area contributed by atoms with Crippen molar-refractivity contribution in [1.29, 1.82) is 0 Å². The molecule has 0 radical (unpaired) electrons. The second-order valence-electron chi connectivity index (χ2n) is 4.45. The molecule has 1 heterocycles. The molecule has 1 rings (SSSR count). The average Bonchev–Trinajstić information content (AvgIpc) is 2.37. The van der Waals surface area contributed by atoms with Gasteiger partial charge < -0.3 is 5.73 Å².